The largest absolute Gasteiger partial charge is 0.493 e. The van der Waals surface area contributed by atoms with E-state index in [1.807, 2.05) is 18.2 Å². The number of likely N-dealkylation sites (N-methyl/N-ethyl adjacent to an activating group) is 1. The fourth-order valence-electron chi connectivity index (χ4n) is 3.79. The summed E-state index contributed by atoms with van der Waals surface area (Å²) in [5.74, 6) is 2.55. The number of guanidine groups is 1. The zero-order valence-corrected chi connectivity index (χ0v) is 19.0. The number of nitrogens with zero attached hydrogens (tertiary/aromatic N) is 2. The van der Waals surface area contributed by atoms with Gasteiger partial charge < -0.3 is 29.7 Å². The van der Waals surface area contributed by atoms with Crippen molar-refractivity contribution < 1.29 is 19.0 Å². The van der Waals surface area contributed by atoms with Gasteiger partial charge in [-0.05, 0) is 38.2 Å². The van der Waals surface area contributed by atoms with Crippen LogP contribution >= 0.6 is 0 Å². The summed E-state index contributed by atoms with van der Waals surface area (Å²) in [7, 11) is 5.15. The molecule has 1 aromatic rings. The van der Waals surface area contributed by atoms with Crippen LogP contribution in [0.2, 0.25) is 0 Å². The Labute approximate surface area is 185 Å². The molecule has 8 nitrogen and oxygen atoms in total. The van der Waals surface area contributed by atoms with E-state index in [2.05, 4.69) is 10.6 Å². The minimum absolute atomic E-state index is 0.00895. The molecule has 1 unspecified atom stereocenters. The van der Waals surface area contributed by atoms with Crippen molar-refractivity contribution >= 4 is 11.9 Å². The van der Waals surface area contributed by atoms with Crippen LogP contribution in [-0.2, 0) is 16.1 Å². The lowest BCUT2D eigenvalue weighted by atomic mass is 10.1. The standard InChI is InChI=1S/C23H36N4O4/c1-27(2)21(28)15-26-23(24-13-17-11-12-30-16-17)25-14-18-7-6-10-20(29-3)22(18)31-19-8-4-5-9-19/h6-7,10,17,19H,4-5,8-9,11-16H2,1-3H3,(H2,24,25,26). The van der Waals surface area contributed by atoms with Crippen molar-refractivity contribution in [3.05, 3.63) is 23.8 Å². The maximum absolute atomic E-state index is 12.0. The number of carbonyl (C=O) groups is 1. The van der Waals surface area contributed by atoms with Crippen LogP contribution in [0.15, 0.2) is 23.2 Å². The predicted molar refractivity (Wildman–Crippen MR) is 121 cm³/mol. The van der Waals surface area contributed by atoms with Gasteiger partial charge in [0.1, 0.15) is 0 Å². The first-order valence-corrected chi connectivity index (χ1v) is 11.2. The number of para-hydroxylation sites is 1. The van der Waals surface area contributed by atoms with Crippen molar-refractivity contribution in [3.63, 3.8) is 0 Å². The van der Waals surface area contributed by atoms with Gasteiger partial charge in [0.05, 0.1) is 32.9 Å². The Kier molecular flexibility index (Phi) is 8.82. The molecular weight excluding hydrogens is 396 g/mol. The third-order valence-electron chi connectivity index (χ3n) is 5.76. The molecule has 2 N–H and O–H groups in total. The lowest BCUT2D eigenvalue weighted by Crippen LogP contribution is -2.44. The number of ether oxygens (including phenoxy) is 3. The molecule has 1 saturated carbocycles. The minimum Gasteiger partial charge on any atom is -0.493 e. The van der Waals surface area contributed by atoms with Crippen molar-refractivity contribution in [3.8, 4) is 11.5 Å². The summed E-state index contributed by atoms with van der Waals surface area (Å²) >= 11 is 0. The molecule has 31 heavy (non-hydrogen) atoms. The van der Waals surface area contributed by atoms with Crippen LogP contribution in [0.25, 0.3) is 0 Å². The molecule has 0 aromatic heterocycles. The maximum atomic E-state index is 12.0. The van der Waals surface area contributed by atoms with Gasteiger partial charge in [-0.3, -0.25) is 4.79 Å². The molecule has 1 aromatic carbocycles. The van der Waals surface area contributed by atoms with Crippen molar-refractivity contribution in [2.24, 2.45) is 10.9 Å². The molecule has 1 saturated heterocycles. The Hall–Kier alpha value is -2.48. The van der Waals surface area contributed by atoms with Crippen LogP contribution in [0, 0.1) is 5.92 Å². The van der Waals surface area contributed by atoms with E-state index in [0.29, 0.717) is 18.4 Å². The highest BCUT2D eigenvalue weighted by atomic mass is 16.5. The van der Waals surface area contributed by atoms with E-state index < -0.39 is 0 Å². The molecule has 172 valence electrons. The van der Waals surface area contributed by atoms with Gasteiger partial charge in [0, 0.05) is 38.7 Å². The second-order valence-corrected chi connectivity index (χ2v) is 8.39. The van der Waals surface area contributed by atoms with E-state index in [0.717, 1.165) is 56.1 Å². The summed E-state index contributed by atoms with van der Waals surface area (Å²) in [6.45, 7) is 2.92. The number of hydrogen-bond acceptors (Lipinski definition) is 5. The maximum Gasteiger partial charge on any atom is 0.241 e. The van der Waals surface area contributed by atoms with E-state index in [1.165, 1.54) is 12.8 Å². The Balaban J connectivity index is 1.71. The van der Waals surface area contributed by atoms with Crippen LogP contribution in [0.1, 0.15) is 37.7 Å². The Morgan fingerprint density at radius 3 is 2.71 bits per heavy atom. The number of amides is 1. The van der Waals surface area contributed by atoms with E-state index in [4.69, 9.17) is 19.2 Å². The zero-order chi connectivity index (χ0) is 22.1. The van der Waals surface area contributed by atoms with Crippen LogP contribution in [0.3, 0.4) is 0 Å². The second-order valence-electron chi connectivity index (χ2n) is 8.39. The van der Waals surface area contributed by atoms with Gasteiger partial charge in [0.25, 0.3) is 0 Å². The number of hydrogen-bond donors (Lipinski definition) is 2. The molecular formula is C23H36N4O4. The molecule has 1 amide bonds. The number of rotatable bonds is 9. The fraction of sp³-hybridized carbons (Fsp3) is 0.652. The third-order valence-corrected chi connectivity index (χ3v) is 5.76. The number of aliphatic imine (C=N–C) groups is 1. The summed E-state index contributed by atoms with van der Waals surface area (Å²) in [5.41, 5.74) is 0.968. The number of benzene rings is 1. The first-order chi connectivity index (χ1) is 15.1. The smallest absolute Gasteiger partial charge is 0.241 e. The molecule has 2 aliphatic rings. The normalized spacial score (nSPS) is 19.3. The van der Waals surface area contributed by atoms with E-state index >= 15 is 0 Å². The minimum atomic E-state index is -0.00895. The van der Waals surface area contributed by atoms with Crippen LogP contribution in [0.5, 0.6) is 11.5 Å². The number of carbonyl (C=O) groups excluding carboxylic acids is 1. The van der Waals surface area contributed by atoms with Gasteiger partial charge in [0.15, 0.2) is 17.5 Å². The molecule has 1 atom stereocenters. The summed E-state index contributed by atoms with van der Waals surface area (Å²) in [6.07, 6.45) is 5.82. The highest BCUT2D eigenvalue weighted by Gasteiger charge is 2.21. The van der Waals surface area contributed by atoms with Gasteiger partial charge in [0.2, 0.25) is 5.91 Å². The fourth-order valence-corrected chi connectivity index (χ4v) is 3.79. The SMILES string of the molecule is COc1cccc(CN=C(NCC(=O)N(C)C)NCC2CCOC2)c1OC1CCCC1. The Morgan fingerprint density at radius 1 is 1.23 bits per heavy atom. The van der Waals surface area contributed by atoms with Gasteiger partial charge in [-0.1, -0.05) is 12.1 Å². The Morgan fingerprint density at radius 2 is 2.03 bits per heavy atom. The van der Waals surface area contributed by atoms with Crippen LogP contribution in [0.4, 0.5) is 0 Å². The molecule has 8 heteroatoms. The number of methoxy groups -OCH3 is 1. The second kappa shape index (κ2) is 11.8. The number of nitrogens with one attached hydrogen (secondary N) is 2. The van der Waals surface area contributed by atoms with Crippen LogP contribution in [-0.4, -0.2) is 70.4 Å². The third kappa shape index (κ3) is 7.02. The Bertz CT molecular complexity index is 741. The molecule has 1 aliphatic carbocycles. The summed E-state index contributed by atoms with van der Waals surface area (Å²) in [4.78, 5) is 18.3. The highest BCUT2D eigenvalue weighted by molar-refractivity contribution is 5.86. The summed E-state index contributed by atoms with van der Waals surface area (Å²) in [5, 5.41) is 6.51. The van der Waals surface area contributed by atoms with Gasteiger partial charge >= 0.3 is 0 Å². The van der Waals surface area contributed by atoms with Gasteiger partial charge in [-0.15, -0.1) is 0 Å². The van der Waals surface area contributed by atoms with Gasteiger partial charge in [-0.25, -0.2) is 4.99 Å². The van der Waals surface area contributed by atoms with Gasteiger partial charge in [-0.2, -0.15) is 0 Å². The topological polar surface area (TPSA) is 84.4 Å². The zero-order valence-electron chi connectivity index (χ0n) is 19.0. The van der Waals surface area contributed by atoms with Crippen LogP contribution < -0.4 is 20.1 Å². The average Bonchev–Trinajstić information content (AvgIpc) is 3.47. The van der Waals surface area contributed by atoms with E-state index in [1.54, 1.807) is 26.1 Å². The lowest BCUT2D eigenvalue weighted by Gasteiger charge is -2.19. The highest BCUT2D eigenvalue weighted by Crippen LogP contribution is 2.35. The van der Waals surface area contributed by atoms with Crippen molar-refractivity contribution in [2.45, 2.75) is 44.8 Å². The first-order valence-electron chi connectivity index (χ1n) is 11.2. The molecule has 1 heterocycles. The summed E-state index contributed by atoms with van der Waals surface area (Å²) < 4.78 is 17.3. The average molecular weight is 433 g/mol. The lowest BCUT2D eigenvalue weighted by molar-refractivity contribution is -0.127. The molecule has 3 rings (SSSR count). The molecule has 0 radical (unpaired) electrons. The first kappa shape index (κ1) is 23.2. The van der Waals surface area contributed by atoms with Crippen molar-refractivity contribution in [1.82, 2.24) is 15.5 Å². The van der Waals surface area contributed by atoms with E-state index in [9.17, 15) is 4.79 Å². The summed E-state index contributed by atoms with van der Waals surface area (Å²) in [6, 6.07) is 5.89. The van der Waals surface area contributed by atoms with Crippen molar-refractivity contribution in [2.75, 3.05) is 47.5 Å². The predicted octanol–water partition coefficient (Wildman–Crippen LogP) is 2.18. The molecule has 2 fully saturated rings. The van der Waals surface area contributed by atoms with Crippen molar-refractivity contribution in [1.29, 1.82) is 0 Å². The van der Waals surface area contributed by atoms with E-state index in [-0.39, 0.29) is 18.6 Å². The quantitative estimate of drug-likeness (QED) is 0.460. The molecule has 1 aliphatic heterocycles. The monoisotopic (exact) mass is 432 g/mol. The molecule has 0 spiro atoms. The molecule has 0 bridgehead atoms.